The fourth-order valence-electron chi connectivity index (χ4n) is 2.60. The number of H-pyrrole nitrogens is 1. The van der Waals surface area contributed by atoms with Crippen LogP contribution < -0.4 is 10.3 Å². The summed E-state index contributed by atoms with van der Waals surface area (Å²) >= 11 is 0. The van der Waals surface area contributed by atoms with E-state index in [4.69, 9.17) is 4.74 Å². The molecular weight excluding hydrogens is 319 g/mol. The van der Waals surface area contributed by atoms with Crippen molar-refractivity contribution in [1.29, 1.82) is 0 Å². The lowest BCUT2D eigenvalue weighted by Crippen LogP contribution is -2.10. The van der Waals surface area contributed by atoms with Gasteiger partial charge in [0.25, 0.3) is 5.56 Å². The molecule has 126 valence electrons. The van der Waals surface area contributed by atoms with Gasteiger partial charge in [0.15, 0.2) is 0 Å². The fourth-order valence-corrected chi connectivity index (χ4v) is 2.60. The fraction of sp³-hybridized carbons (Fsp3) is 0.100. The molecule has 1 N–H and O–H groups in total. The number of nitrogens with zero attached hydrogens (tertiary/aromatic N) is 1. The first-order valence-electron chi connectivity index (χ1n) is 7.81. The first kappa shape index (κ1) is 16.6. The summed E-state index contributed by atoms with van der Waals surface area (Å²) in [5, 5.41) is 6.63. The maximum atomic E-state index is 13.2. The predicted octanol–water partition coefficient (Wildman–Crippen LogP) is 3.84. The number of allylic oxidation sites excluding steroid dienone is 1. The monoisotopic (exact) mass is 336 g/mol. The van der Waals surface area contributed by atoms with Crippen molar-refractivity contribution < 1.29 is 9.13 Å². The minimum atomic E-state index is -0.279. The van der Waals surface area contributed by atoms with Crippen molar-refractivity contribution in [3.05, 3.63) is 88.1 Å². The van der Waals surface area contributed by atoms with Gasteiger partial charge in [0, 0.05) is 23.6 Å². The van der Waals surface area contributed by atoms with E-state index in [1.165, 1.54) is 18.2 Å². The number of benzene rings is 2. The highest BCUT2D eigenvalue weighted by molar-refractivity contribution is 5.72. The number of methoxy groups -OCH3 is 1. The van der Waals surface area contributed by atoms with Crippen molar-refractivity contribution in [2.24, 2.45) is 0 Å². The molecule has 0 spiro atoms. The molecule has 5 heteroatoms. The lowest BCUT2D eigenvalue weighted by Gasteiger charge is -2.10. The van der Waals surface area contributed by atoms with Crippen molar-refractivity contribution in [3.8, 4) is 16.9 Å². The van der Waals surface area contributed by atoms with E-state index >= 15 is 0 Å². The van der Waals surface area contributed by atoms with Crippen LogP contribution in [0.3, 0.4) is 0 Å². The van der Waals surface area contributed by atoms with Crippen LogP contribution in [0, 0.1) is 5.82 Å². The summed E-state index contributed by atoms with van der Waals surface area (Å²) in [6, 6.07) is 15.3. The van der Waals surface area contributed by atoms with E-state index in [0.717, 1.165) is 11.1 Å². The van der Waals surface area contributed by atoms with Crippen molar-refractivity contribution in [3.63, 3.8) is 0 Å². The van der Waals surface area contributed by atoms with Crippen LogP contribution in [0.4, 0.5) is 4.39 Å². The molecule has 3 aromatic rings. The Morgan fingerprint density at radius 1 is 1.12 bits per heavy atom. The Morgan fingerprint density at radius 2 is 1.96 bits per heavy atom. The Balaban J connectivity index is 1.93. The van der Waals surface area contributed by atoms with Crippen LogP contribution in [0.15, 0.2) is 65.5 Å². The number of halogens is 1. The predicted molar refractivity (Wildman–Crippen MR) is 96.0 cm³/mol. The van der Waals surface area contributed by atoms with E-state index < -0.39 is 0 Å². The summed E-state index contributed by atoms with van der Waals surface area (Å²) in [4.78, 5) is 11.7. The van der Waals surface area contributed by atoms with E-state index in [-0.39, 0.29) is 11.4 Å². The molecule has 1 aromatic heterocycles. The molecule has 0 radical (unpaired) electrons. The van der Waals surface area contributed by atoms with E-state index in [0.29, 0.717) is 23.4 Å². The lowest BCUT2D eigenvalue weighted by molar-refractivity contribution is 0.416. The molecule has 0 aliphatic rings. The molecule has 0 aliphatic carbocycles. The highest BCUT2D eigenvalue weighted by atomic mass is 19.1. The van der Waals surface area contributed by atoms with Gasteiger partial charge in [0.05, 0.1) is 12.8 Å². The molecular formula is C20H17FN2O2. The van der Waals surface area contributed by atoms with Crippen LogP contribution in [0.5, 0.6) is 5.75 Å². The van der Waals surface area contributed by atoms with Gasteiger partial charge in [-0.25, -0.2) is 9.49 Å². The highest BCUT2D eigenvalue weighted by Gasteiger charge is 2.11. The summed E-state index contributed by atoms with van der Waals surface area (Å²) < 4.78 is 18.6. The Hall–Kier alpha value is -3.21. The van der Waals surface area contributed by atoms with E-state index in [2.05, 4.69) is 10.2 Å². The maximum absolute atomic E-state index is 13.2. The van der Waals surface area contributed by atoms with Crippen molar-refractivity contribution in [2.45, 2.75) is 6.42 Å². The van der Waals surface area contributed by atoms with Gasteiger partial charge in [-0.05, 0) is 23.8 Å². The zero-order chi connectivity index (χ0) is 17.6. The van der Waals surface area contributed by atoms with Gasteiger partial charge >= 0.3 is 0 Å². The Kier molecular flexibility index (Phi) is 5.04. The number of hydrogen-bond donors (Lipinski definition) is 1. The summed E-state index contributed by atoms with van der Waals surface area (Å²) in [5.74, 6) is 0.393. The van der Waals surface area contributed by atoms with Gasteiger partial charge < -0.3 is 4.74 Å². The molecule has 1 heterocycles. The van der Waals surface area contributed by atoms with Gasteiger partial charge in [0.2, 0.25) is 0 Å². The average Bonchev–Trinajstić information content (AvgIpc) is 2.63. The molecule has 0 saturated heterocycles. The number of aromatic amines is 1. The van der Waals surface area contributed by atoms with Crippen molar-refractivity contribution >= 4 is 6.08 Å². The molecule has 0 saturated carbocycles. The molecule has 4 nitrogen and oxygen atoms in total. The summed E-state index contributed by atoms with van der Waals surface area (Å²) in [5.41, 5.74) is 2.71. The SMILES string of the molecule is COc1ccccc1-c1cc(=O)[nH]nc1CC=Cc1cccc(F)c1. The standard InChI is InChI=1S/C20H17FN2O2/c1-25-19-11-3-2-9-16(19)17-13-20(24)23-22-18(17)10-5-7-14-6-4-8-15(21)12-14/h2-9,11-13H,10H2,1H3,(H,23,24). The zero-order valence-corrected chi connectivity index (χ0v) is 13.7. The first-order chi connectivity index (χ1) is 12.2. The Labute approximate surface area is 144 Å². The second-order valence-electron chi connectivity index (χ2n) is 5.45. The van der Waals surface area contributed by atoms with Crippen molar-refractivity contribution in [2.75, 3.05) is 7.11 Å². The lowest BCUT2D eigenvalue weighted by atomic mass is 10.0. The topological polar surface area (TPSA) is 55.0 Å². The minimum Gasteiger partial charge on any atom is -0.496 e. The molecule has 25 heavy (non-hydrogen) atoms. The molecule has 2 aromatic carbocycles. The molecule has 0 bridgehead atoms. The zero-order valence-electron chi connectivity index (χ0n) is 13.7. The number of para-hydroxylation sites is 1. The molecule has 0 amide bonds. The van der Waals surface area contributed by atoms with Gasteiger partial charge in [0.1, 0.15) is 11.6 Å². The smallest absolute Gasteiger partial charge is 0.264 e. The summed E-state index contributed by atoms with van der Waals surface area (Å²) in [6.07, 6.45) is 4.19. The minimum absolute atomic E-state index is 0.279. The largest absolute Gasteiger partial charge is 0.496 e. The normalized spacial score (nSPS) is 11.0. The quantitative estimate of drug-likeness (QED) is 0.770. The summed E-state index contributed by atoms with van der Waals surface area (Å²) in [6.45, 7) is 0. The van der Waals surface area contributed by atoms with E-state index in [1.54, 1.807) is 13.2 Å². The third kappa shape index (κ3) is 4.01. The number of ether oxygens (including phenoxy) is 1. The molecule has 0 fully saturated rings. The van der Waals surface area contributed by atoms with Crippen molar-refractivity contribution in [1.82, 2.24) is 10.2 Å². The van der Waals surface area contributed by atoms with Gasteiger partial charge in [-0.15, -0.1) is 0 Å². The number of aromatic nitrogens is 2. The second kappa shape index (κ2) is 7.57. The van der Waals surface area contributed by atoms with E-state index in [9.17, 15) is 9.18 Å². The third-order valence-electron chi connectivity index (χ3n) is 3.75. The van der Waals surface area contributed by atoms with Gasteiger partial charge in [-0.2, -0.15) is 5.10 Å². The number of nitrogens with one attached hydrogen (secondary N) is 1. The molecule has 0 aliphatic heterocycles. The Morgan fingerprint density at radius 3 is 2.76 bits per heavy atom. The third-order valence-corrected chi connectivity index (χ3v) is 3.75. The molecule has 0 atom stereocenters. The second-order valence-corrected chi connectivity index (χ2v) is 5.45. The van der Waals surface area contributed by atoms with Crippen LogP contribution in [0.1, 0.15) is 11.3 Å². The van der Waals surface area contributed by atoms with Gasteiger partial charge in [-0.1, -0.05) is 42.5 Å². The van der Waals surface area contributed by atoms with Crippen LogP contribution in [0.25, 0.3) is 17.2 Å². The van der Waals surface area contributed by atoms with E-state index in [1.807, 2.05) is 42.5 Å². The molecule has 3 rings (SSSR count). The number of hydrogen-bond acceptors (Lipinski definition) is 3. The first-order valence-corrected chi connectivity index (χ1v) is 7.81. The average molecular weight is 336 g/mol. The van der Waals surface area contributed by atoms with Gasteiger partial charge in [-0.3, -0.25) is 4.79 Å². The van der Waals surface area contributed by atoms with Crippen LogP contribution >= 0.6 is 0 Å². The van der Waals surface area contributed by atoms with Crippen LogP contribution in [-0.2, 0) is 6.42 Å². The summed E-state index contributed by atoms with van der Waals surface area (Å²) in [7, 11) is 1.59. The Bertz CT molecular complexity index is 964. The number of rotatable bonds is 5. The highest BCUT2D eigenvalue weighted by Crippen LogP contribution is 2.30. The molecule has 0 unspecified atom stereocenters. The maximum Gasteiger partial charge on any atom is 0.264 e. The van der Waals surface area contributed by atoms with Crippen LogP contribution in [-0.4, -0.2) is 17.3 Å². The van der Waals surface area contributed by atoms with Crippen LogP contribution in [0.2, 0.25) is 0 Å².